The number of aromatic nitrogens is 2. The summed E-state index contributed by atoms with van der Waals surface area (Å²) in [7, 11) is 0. The van der Waals surface area contributed by atoms with Crippen LogP contribution in [0.1, 0.15) is 58.1 Å². The fourth-order valence-electron chi connectivity index (χ4n) is 1.94. The van der Waals surface area contributed by atoms with Crippen molar-refractivity contribution in [3.05, 3.63) is 12.0 Å². The Morgan fingerprint density at radius 2 is 1.88 bits per heavy atom. The highest BCUT2D eigenvalue weighted by molar-refractivity contribution is 5.35. The Hall–Kier alpha value is -0.990. The number of hydrogen-bond acceptors (Lipinski definition) is 2. The molecule has 0 bridgehead atoms. The molecular weight excluding hydrogens is 198 g/mol. The number of aryl methyl sites for hydroxylation is 2. The molecule has 0 radical (unpaired) electrons. The normalized spacial score (nSPS) is 10.9. The van der Waals surface area contributed by atoms with E-state index in [1.54, 1.807) is 0 Å². The van der Waals surface area contributed by atoms with Gasteiger partial charge in [-0.05, 0) is 19.3 Å². The van der Waals surface area contributed by atoms with E-state index in [9.17, 15) is 0 Å². The highest BCUT2D eigenvalue weighted by atomic mass is 15.1. The van der Waals surface area contributed by atoms with Gasteiger partial charge >= 0.3 is 0 Å². The second-order valence-electron chi connectivity index (χ2n) is 4.43. The van der Waals surface area contributed by atoms with Crippen LogP contribution in [0.5, 0.6) is 0 Å². The van der Waals surface area contributed by atoms with Crippen LogP contribution in [0.25, 0.3) is 0 Å². The van der Waals surface area contributed by atoms with Gasteiger partial charge in [-0.3, -0.25) is 0 Å². The van der Waals surface area contributed by atoms with E-state index in [1.807, 2.05) is 6.33 Å². The molecule has 3 nitrogen and oxygen atoms in total. The standard InChI is InChI=1S/C13H25N3/c1-3-5-6-7-8-9-12-13(14)16(10-4-2)11-15-12/h11H,3-10,14H2,1-2H3. The Labute approximate surface area is 99.1 Å². The second-order valence-corrected chi connectivity index (χ2v) is 4.43. The molecule has 0 amide bonds. The van der Waals surface area contributed by atoms with E-state index in [-0.39, 0.29) is 0 Å². The quantitative estimate of drug-likeness (QED) is 0.686. The number of rotatable bonds is 8. The highest BCUT2D eigenvalue weighted by Gasteiger charge is 2.05. The van der Waals surface area contributed by atoms with Gasteiger partial charge in [0.15, 0.2) is 0 Å². The zero-order valence-electron chi connectivity index (χ0n) is 10.7. The molecule has 0 aromatic carbocycles. The second kappa shape index (κ2) is 7.31. The first kappa shape index (κ1) is 13.1. The van der Waals surface area contributed by atoms with Gasteiger partial charge in [0.2, 0.25) is 0 Å². The monoisotopic (exact) mass is 223 g/mol. The van der Waals surface area contributed by atoms with Crippen molar-refractivity contribution in [1.29, 1.82) is 0 Å². The van der Waals surface area contributed by atoms with Crippen LogP contribution in [0, 0.1) is 0 Å². The molecule has 1 aromatic heterocycles. The third-order valence-corrected chi connectivity index (χ3v) is 2.94. The van der Waals surface area contributed by atoms with Gasteiger partial charge in [-0.1, -0.05) is 39.5 Å². The third kappa shape index (κ3) is 3.87. The van der Waals surface area contributed by atoms with Crippen molar-refractivity contribution in [1.82, 2.24) is 9.55 Å². The summed E-state index contributed by atoms with van der Waals surface area (Å²) in [6.45, 7) is 5.38. The van der Waals surface area contributed by atoms with Gasteiger partial charge in [-0.15, -0.1) is 0 Å². The SMILES string of the molecule is CCCCCCCc1ncn(CCC)c1N. The summed E-state index contributed by atoms with van der Waals surface area (Å²) in [5, 5.41) is 0. The largest absolute Gasteiger partial charge is 0.384 e. The molecule has 16 heavy (non-hydrogen) atoms. The lowest BCUT2D eigenvalue weighted by Crippen LogP contribution is -2.02. The van der Waals surface area contributed by atoms with Crippen LogP contribution in [-0.4, -0.2) is 9.55 Å². The lowest BCUT2D eigenvalue weighted by Gasteiger charge is -2.03. The number of imidazole rings is 1. The molecular formula is C13H25N3. The molecule has 0 aliphatic carbocycles. The highest BCUT2D eigenvalue weighted by Crippen LogP contribution is 2.14. The maximum Gasteiger partial charge on any atom is 0.126 e. The van der Waals surface area contributed by atoms with Gasteiger partial charge in [0.1, 0.15) is 5.82 Å². The third-order valence-electron chi connectivity index (χ3n) is 2.94. The minimum atomic E-state index is 0.873. The topological polar surface area (TPSA) is 43.8 Å². The lowest BCUT2D eigenvalue weighted by molar-refractivity contribution is 0.629. The van der Waals surface area contributed by atoms with Crippen LogP contribution in [-0.2, 0) is 13.0 Å². The van der Waals surface area contributed by atoms with Crippen molar-refractivity contribution in [3.63, 3.8) is 0 Å². The van der Waals surface area contributed by atoms with E-state index in [1.165, 1.54) is 32.1 Å². The van der Waals surface area contributed by atoms with Crippen molar-refractivity contribution in [2.24, 2.45) is 0 Å². The number of nitrogen functional groups attached to an aromatic ring is 1. The Morgan fingerprint density at radius 1 is 1.12 bits per heavy atom. The van der Waals surface area contributed by atoms with Crippen LogP contribution < -0.4 is 5.73 Å². The molecule has 0 unspecified atom stereocenters. The molecule has 0 saturated carbocycles. The summed E-state index contributed by atoms with van der Waals surface area (Å²) in [6.07, 6.45) is 10.5. The molecule has 0 atom stereocenters. The van der Waals surface area contributed by atoms with Gasteiger partial charge in [0, 0.05) is 6.54 Å². The smallest absolute Gasteiger partial charge is 0.126 e. The summed E-state index contributed by atoms with van der Waals surface area (Å²) < 4.78 is 2.06. The Bertz CT molecular complexity index is 291. The van der Waals surface area contributed by atoms with Crippen LogP contribution in [0.15, 0.2) is 6.33 Å². The summed E-state index contributed by atoms with van der Waals surface area (Å²) in [4.78, 5) is 4.39. The van der Waals surface area contributed by atoms with E-state index in [0.29, 0.717) is 0 Å². The lowest BCUT2D eigenvalue weighted by atomic mass is 10.1. The number of unbranched alkanes of at least 4 members (excludes halogenated alkanes) is 4. The van der Waals surface area contributed by atoms with Crippen molar-refractivity contribution in [2.45, 2.75) is 65.3 Å². The van der Waals surface area contributed by atoms with Gasteiger partial charge in [0.05, 0.1) is 12.0 Å². The summed E-state index contributed by atoms with van der Waals surface area (Å²) in [5.74, 6) is 0.873. The molecule has 0 fully saturated rings. The predicted octanol–water partition coefficient (Wildman–Crippen LogP) is 3.39. The number of anilines is 1. The Balaban J connectivity index is 2.31. The van der Waals surface area contributed by atoms with Gasteiger partial charge in [0.25, 0.3) is 0 Å². The first-order valence-electron chi connectivity index (χ1n) is 6.59. The fraction of sp³-hybridized carbons (Fsp3) is 0.769. The molecule has 0 aliphatic heterocycles. The summed E-state index contributed by atoms with van der Waals surface area (Å²) in [6, 6.07) is 0. The van der Waals surface area contributed by atoms with Crippen LogP contribution in [0.2, 0.25) is 0 Å². The Kier molecular flexibility index (Phi) is 5.98. The van der Waals surface area contributed by atoms with Gasteiger partial charge in [-0.25, -0.2) is 4.98 Å². The molecule has 3 heteroatoms. The minimum absolute atomic E-state index is 0.873. The Morgan fingerprint density at radius 3 is 2.56 bits per heavy atom. The number of nitrogens with zero attached hydrogens (tertiary/aromatic N) is 2. The van der Waals surface area contributed by atoms with Crippen LogP contribution in [0.4, 0.5) is 5.82 Å². The maximum absolute atomic E-state index is 6.03. The molecule has 0 spiro atoms. The maximum atomic E-state index is 6.03. The molecule has 1 rings (SSSR count). The predicted molar refractivity (Wildman–Crippen MR) is 69.4 cm³/mol. The van der Waals surface area contributed by atoms with Crippen molar-refractivity contribution in [2.75, 3.05) is 5.73 Å². The van der Waals surface area contributed by atoms with E-state index in [2.05, 4.69) is 23.4 Å². The van der Waals surface area contributed by atoms with Crippen LogP contribution in [0.3, 0.4) is 0 Å². The number of nitrogens with two attached hydrogens (primary N) is 1. The zero-order valence-corrected chi connectivity index (χ0v) is 10.7. The fourth-order valence-corrected chi connectivity index (χ4v) is 1.94. The van der Waals surface area contributed by atoms with Crippen molar-refractivity contribution in [3.8, 4) is 0 Å². The first-order valence-corrected chi connectivity index (χ1v) is 6.59. The van der Waals surface area contributed by atoms with E-state index in [4.69, 9.17) is 5.73 Å². The molecule has 0 aliphatic rings. The summed E-state index contributed by atoms with van der Waals surface area (Å²) >= 11 is 0. The molecule has 1 heterocycles. The van der Waals surface area contributed by atoms with Gasteiger partial charge < -0.3 is 10.3 Å². The molecule has 1 aromatic rings. The van der Waals surface area contributed by atoms with E-state index < -0.39 is 0 Å². The average molecular weight is 223 g/mol. The van der Waals surface area contributed by atoms with Crippen LogP contribution >= 0.6 is 0 Å². The van der Waals surface area contributed by atoms with E-state index in [0.717, 1.165) is 30.9 Å². The van der Waals surface area contributed by atoms with E-state index >= 15 is 0 Å². The van der Waals surface area contributed by atoms with Crippen molar-refractivity contribution < 1.29 is 0 Å². The zero-order chi connectivity index (χ0) is 11.8. The summed E-state index contributed by atoms with van der Waals surface area (Å²) in [5.41, 5.74) is 7.12. The molecule has 0 saturated heterocycles. The van der Waals surface area contributed by atoms with Gasteiger partial charge in [-0.2, -0.15) is 0 Å². The molecule has 92 valence electrons. The molecule has 2 N–H and O–H groups in total. The first-order chi connectivity index (χ1) is 7.79. The number of hydrogen-bond donors (Lipinski definition) is 1. The van der Waals surface area contributed by atoms with Crippen molar-refractivity contribution >= 4 is 5.82 Å². The average Bonchev–Trinajstić information content (AvgIpc) is 2.62. The minimum Gasteiger partial charge on any atom is -0.384 e.